The first-order valence-corrected chi connectivity index (χ1v) is 6.05. The van der Waals surface area contributed by atoms with Gasteiger partial charge in [0.05, 0.1) is 18.8 Å². The van der Waals surface area contributed by atoms with Crippen LogP contribution in [-0.2, 0) is 15.0 Å². The largest absolute Gasteiger partial charge is 0.478 e. The molecule has 106 valence electrons. The van der Waals surface area contributed by atoms with Crippen LogP contribution in [0.2, 0.25) is 0 Å². The van der Waals surface area contributed by atoms with Gasteiger partial charge in [-0.3, -0.25) is 0 Å². The van der Waals surface area contributed by atoms with Crippen molar-refractivity contribution in [2.24, 2.45) is 0 Å². The third kappa shape index (κ3) is 2.80. The van der Waals surface area contributed by atoms with Crippen molar-refractivity contribution < 1.29 is 24.2 Å². The molecule has 1 aliphatic rings. The third-order valence-electron chi connectivity index (χ3n) is 3.05. The Kier molecular flexibility index (Phi) is 4.05. The van der Waals surface area contributed by atoms with Gasteiger partial charge in [0.2, 0.25) is 0 Å². The molecule has 2 rings (SSSR count). The van der Waals surface area contributed by atoms with E-state index >= 15 is 0 Å². The molecular weight excluding hydrogens is 262 g/mol. The van der Waals surface area contributed by atoms with Crippen LogP contribution in [0.5, 0.6) is 0 Å². The number of carbonyl (C=O) groups is 2. The number of hydrogen-bond donors (Lipinski definition) is 2. The first kappa shape index (κ1) is 14.1. The van der Waals surface area contributed by atoms with E-state index < -0.39 is 17.6 Å². The van der Waals surface area contributed by atoms with E-state index in [1.165, 1.54) is 18.2 Å². The first-order valence-electron chi connectivity index (χ1n) is 6.05. The van der Waals surface area contributed by atoms with Crippen molar-refractivity contribution >= 4 is 12.1 Å². The molecule has 0 aliphatic carbocycles. The second kappa shape index (κ2) is 5.75. The molecule has 1 aromatic carbocycles. The summed E-state index contributed by atoms with van der Waals surface area (Å²) in [6, 6.07) is 6.32. The quantitative estimate of drug-likeness (QED) is 0.797. The fraction of sp³-hybridized carbons (Fsp3) is 0.286. The molecule has 1 aliphatic heterocycles. The van der Waals surface area contributed by atoms with Crippen LogP contribution in [0.4, 0.5) is 4.79 Å². The minimum Gasteiger partial charge on any atom is -0.478 e. The Morgan fingerprint density at radius 2 is 2.05 bits per heavy atom. The number of alkyl carbamates (subject to hydrolysis) is 1. The highest BCUT2D eigenvalue weighted by molar-refractivity contribution is 5.87. The summed E-state index contributed by atoms with van der Waals surface area (Å²) < 4.78 is 10.1. The van der Waals surface area contributed by atoms with Gasteiger partial charge in [-0.25, -0.2) is 9.59 Å². The molecule has 0 radical (unpaired) electrons. The molecule has 6 heteroatoms. The Labute approximate surface area is 116 Å². The van der Waals surface area contributed by atoms with Crippen LogP contribution in [-0.4, -0.2) is 37.0 Å². The molecule has 1 amide bonds. The van der Waals surface area contributed by atoms with Gasteiger partial charge in [0, 0.05) is 0 Å². The number of rotatable bonds is 5. The zero-order chi connectivity index (χ0) is 14.6. The number of carboxylic acids is 1. The van der Waals surface area contributed by atoms with Crippen molar-refractivity contribution in [2.75, 3.05) is 19.8 Å². The average Bonchev–Trinajstić information content (AvgIpc) is 2.40. The number of aromatic carboxylic acids is 1. The Bertz CT molecular complexity index is 519. The van der Waals surface area contributed by atoms with E-state index in [0.717, 1.165) is 5.56 Å². The van der Waals surface area contributed by atoms with Crippen LogP contribution >= 0.6 is 0 Å². The van der Waals surface area contributed by atoms with Crippen LogP contribution in [0, 0.1) is 0 Å². The summed E-state index contributed by atoms with van der Waals surface area (Å²) >= 11 is 0. The number of carbonyl (C=O) groups excluding carboxylic acids is 1. The lowest BCUT2D eigenvalue weighted by atomic mass is 9.87. The standard InChI is InChI=1S/C14H15NO5/c1-2-7-20-13(18)15-14(8-19-9-14)11-5-3-10(4-6-11)12(16)17/h2-6H,1,7-9H2,(H,15,18)(H,16,17). The maximum Gasteiger partial charge on any atom is 0.408 e. The fourth-order valence-electron chi connectivity index (χ4n) is 1.92. The summed E-state index contributed by atoms with van der Waals surface area (Å²) in [5, 5.41) is 11.6. The maximum atomic E-state index is 11.6. The minimum atomic E-state index is -0.992. The van der Waals surface area contributed by atoms with Crippen LogP contribution in [0.25, 0.3) is 0 Å². The zero-order valence-electron chi connectivity index (χ0n) is 10.8. The molecule has 2 N–H and O–H groups in total. The molecule has 0 aromatic heterocycles. The van der Waals surface area contributed by atoms with E-state index in [1.54, 1.807) is 12.1 Å². The minimum absolute atomic E-state index is 0.126. The molecule has 0 bridgehead atoms. The molecule has 6 nitrogen and oxygen atoms in total. The van der Waals surface area contributed by atoms with Gasteiger partial charge in [0.1, 0.15) is 12.1 Å². The summed E-state index contributed by atoms with van der Waals surface area (Å²) in [6.07, 6.45) is 0.918. The molecule has 1 heterocycles. The van der Waals surface area contributed by atoms with Gasteiger partial charge >= 0.3 is 12.1 Å². The Hall–Kier alpha value is -2.34. The van der Waals surface area contributed by atoms with E-state index in [-0.39, 0.29) is 12.2 Å². The van der Waals surface area contributed by atoms with Gasteiger partial charge in [-0.15, -0.1) is 0 Å². The van der Waals surface area contributed by atoms with E-state index in [1.807, 2.05) is 0 Å². The number of nitrogens with one attached hydrogen (secondary N) is 1. The van der Waals surface area contributed by atoms with Gasteiger partial charge in [0.15, 0.2) is 0 Å². The van der Waals surface area contributed by atoms with E-state index in [4.69, 9.17) is 14.6 Å². The Morgan fingerprint density at radius 3 is 2.50 bits per heavy atom. The van der Waals surface area contributed by atoms with Crippen molar-refractivity contribution in [2.45, 2.75) is 5.54 Å². The SMILES string of the molecule is C=CCOC(=O)NC1(c2ccc(C(=O)O)cc2)COC1. The van der Waals surface area contributed by atoms with Gasteiger partial charge in [-0.2, -0.15) is 0 Å². The molecule has 20 heavy (non-hydrogen) atoms. The monoisotopic (exact) mass is 277 g/mol. The van der Waals surface area contributed by atoms with Crippen molar-refractivity contribution in [1.82, 2.24) is 5.32 Å². The van der Waals surface area contributed by atoms with Gasteiger partial charge < -0.3 is 19.9 Å². The topological polar surface area (TPSA) is 84.9 Å². The van der Waals surface area contributed by atoms with Crippen molar-refractivity contribution in [3.05, 3.63) is 48.0 Å². The lowest BCUT2D eigenvalue weighted by molar-refractivity contribution is -0.0756. The highest BCUT2D eigenvalue weighted by Crippen LogP contribution is 2.30. The van der Waals surface area contributed by atoms with Gasteiger partial charge in [-0.05, 0) is 17.7 Å². The number of hydrogen-bond acceptors (Lipinski definition) is 4. The van der Waals surface area contributed by atoms with Crippen LogP contribution in [0.1, 0.15) is 15.9 Å². The molecule has 1 fully saturated rings. The van der Waals surface area contributed by atoms with Crippen LogP contribution < -0.4 is 5.32 Å². The number of ether oxygens (including phenoxy) is 2. The summed E-state index contributed by atoms with van der Waals surface area (Å²) in [4.78, 5) is 22.4. The zero-order valence-corrected chi connectivity index (χ0v) is 10.8. The molecule has 1 saturated heterocycles. The molecule has 0 saturated carbocycles. The van der Waals surface area contributed by atoms with Crippen LogP contribution in [0.3, 0.4) is 0 Å². The molecular formula is C14H15NO5. The van der Waals surface area contributed by atoms with E-state index in [2.05, 4.69) is 11.9 Å². The molecule has 0 spiro atoms. The highest BCUT2D eigenvalue weighted by Gasteiger charge is 2.42. The van der Waals surface area contributed by atoms with Crippen LogP contribution in [0.15, 0.2) is 36.9 Å². The number of carboxylic acid groups (broad SMARTS) is 1. The molecule has 0 atom stereocenters. The first-order chi connectivity index (χ1) is 9.57. The average molecular weight is 277 g/mol. The molecule has 1 aromatic rings. The smallest absolute Gasteiger partial charge is 0.408 e. The third-order valence-corrected chi connectivity index (χ3v) is 3.05. The highest BCUT2D eigenvalue weighted by atomic mass is 16.6. The normalized spacial score (nSPS) is 15.8. The summed E-state index contributed by atoms with van der Waals surface area (Å²) in [5.74, 6) is -0.992. The Balaban J connectivity index is 2.12. The predicted molar refractivity (Wildman–Crippen MR) is 70.6 cm³/mol. The van der Waals surface area contributed by atoms with Gasteiger partial charge in [-0.1, -0.05) is 24.8 Å². The van der Waals surface area contributed by atoms with E-state index in [9.17, 15) is 9.59 Å². The van der Waals surface area contributed by atoms with Crippen molar-refractivity contribution in [3.63, 3.8) is 0 Å². The Morgan fingerprint density at radius 1 is 1.40 bits per heavy atom. The summed E-state index contributed by atoms with van der Waals surface area (Å²) in [7, 11) is 0. The second-order valence-electron chi connectivity index (χ2n) is 4.47. The van der Waals surface area contributed by atoms with Gasteiger partial charge in [0.25, 0.3) is 0 Å². The fourth-order valence-corrected chi connectivity index (χ4v) is 1.92. The lowest BCUT2D eigenvalue weighted by Gasteiger charge is -2.42. The maximum absolute atomic E-state index is 11.6. The molecule has 0 unspecified atom stereocenters. The summed E-state index contributed by atoms with van der Waals surface area (Å²) in [6.45, 7) is 4.23. The number of benzene rings is 1. The second-order valence-corrected chi connectivity index (χ2v) is 4.47. The number of amides is 1. The predicted octanol–water partition coefficient (Wildman–Crippen LogP) is 1.52. The van der Waals surface area contributed by atoms with E-state index in [0.29, 0.717) is 13.2 Å². The lowest BCUT2D eigenvalue weighted by Crippen LogP contribution is -2.59. The van der Waals surface area contributed by atoms with Crippen molar-refractivity contribution in [3.8, 4) is 0 Å². The van der Waals surface area contributed by atoms with Crippen molar-refractivity contribution in [1.29, 1.82) is 0 Å². The summed E-state index contributed by atoms with van der Waals surface area (Å²) in [5.41, 5.74) is 0.317.